The average molecular weight is 350 g/mol. The molecule has 0 saturated heterocycles. The summed E-state index contributed by atoms with van der Waals surface area (Å²) in [6, 6.07) is 8.10. The van der Waals surface area contributed by atoms with E-state index in [4.69, 9.17) is 0 Å². The molecule has 26 heavy (non-hydrogen) atoms. The molecule has 0 aliphatic carbocycles. The van der Waals surface area contributed by atoms with Crippen molar-refractivity contribution in [2.45, 2.75) is 32.4 Å². The number of amides is 1. The molecule has 7 nitrogen and oxygen atoms in total. The van der Waals surface area contributed by atoms with E-state index in [1.54, 1.807) is 11.0 Å². The van der Waals surface area contributed by atoms with Crippen molar-refractivity contribution in [1.82, 2.24) is 29.2 Å². The topological polar surface area (TPSA) is 68.8 Å². The van der Waals surface area contributed by atoms with Crippen molar-refractivity contribution in [1.29, 1.82) is 0 Å². The van der Waals surface area contributed by atoms with Crippen molar-refractivity contribution >= 4 is 5.91 Å². The minimum atomic E-state index is 0.0131. The van der Waals surface area contributed by atoms with Gasteiger partial charge in [0.25, 0.3) is 0 Å². The minimum Gasteiger partial charge on any atom is -0.339 e. The summed E-state index contributed by atoms with van der Waals surface area (Å²) in [4.78, 5) is 23.0. The van der Waals surface area contributed by atoms with Crippen molar-refractivity contribution in [3.63, 3.8) is 0 Å². The molecule has 2 aromatic heterocycles. The van der Waals surface area contributed by atoms with E-state index in [9.17, 15) is 4.79 Å². The molecule has 0 spiro atoms. The molecule has 3 aromatic rings. The number of hydrogen-bond acceptors (Lipinski definition) is 4. The van der Waals surface area contributed by atoms with Gasteiger partial charge in [0, 0.05) is 37.8 Å². The monoisotopic (exact) mass is 350 g/mol. The number of rotatable bonds is 4. The maximum atomic E-state index is 13.0. The van der Waals surface area contributed by atoms with Crippen molar-refractivity contribution in [3.05, 3.63) is 60.7 Å². The van der Waals surface area contributed by atoms with Crippen LogP contribution in [-0.4, -0.2) is 42.2 Å². The standard InChI is InChI=1S/C19H22N6O/c1-14(15-3-5-17(6-4-15)25-13-21-11-22-25)23(2)19(26)16-7-8-24-12-20-10-18(24)9-16/h3-6,10-14,16H,7-9H2,1-2H3/t14-,16+/m0/s1. The molecule has 0 unspecified atom stereocenters. The summed E-state index contributed by atoms with van der Waals surface area (Å²) >= 11 is 0. The Labute approximate surface area is 152 Å². The molecule has 0 saturated carbocycles. The molecule has 0 bridgehead atoms. The molecular formula is C19H22N6O. The van der Waals surface area contributed by atoms with Gasteiger partial charge in [0.15, 0.2) is 0 Å². The van der Waals surface area contributed by atoms with Gasteiger partial charge in [-0.15, -0.1) is 0 Å². The number of aromatic nitrogens is 5. The highest BCUT2D eigenvalue weighted by atomic mass is 16.2. The third kappa shape index (κ3) is 3.00. The van der Waals surface area contributed by atoms with Gasteiger partial charge in [-0.3, -0.25) is 4.79 Å². The highest BCUT2D eigenvalue weighted by molar-refractivity contribution is 5.79. The van der Waals surface area contributed by atoms with Crippen molar-refractivity contribution in [3.8, 4) is 5.69 Å². The highest BCUT2D eigenvalue weighted by Crippen LogP contribution is 2.26. The molecule has 0 radical (unpaired) electrons. The van der Waals surface area contributed by atoms with Crippen LogP contribution in [0.2, 0.25) is 0 Å². The van der Waals surface area contributed by atoms with E-state index >= 15 is 0 Å². The van der Waals surface area contributed by atoms with Gasteiger partial charge in [0.1, 0.15) is 12.7 Å². The normalized spacial score (nSPS) is 17.5. The van der Waals surface area contributed by atoms with Crippen LogP contribution in [0.15, 0.2) is 49.4 Å². The Morgan fingerprint density at radius 2 is 2.04 bits per heavy atom. The van der Waals surface area contributed by atoms with E-state index in [1.807, 2.05) is 48.7 Å². The lowest BCUT2D eigenvalue weighted by Crippen LogP contribution is -2.38. The molecule has 0 N–H and O–H groups in total. The summed E-state index contributed by atoms with van der Waals surface area (Å²) in [7, 11) is 1.89. The van der Waals surface area contributed by atoms with Gasteiger partial charge >= 0.3 is 0 Å². The van der Waals surface area contributed by atoms with Gasteiger partial charge in [-0.1, -0.05) is 12.1 Å². The second-order valence-electron chi connectivity index (χ2n) is 6.82. The Balaban J connectivity index is 1.45. The summed E-state index contributed by atoms with van der Waals surface area (Å²) in [5, 5.41) is 4.13. The van der Waals surface area contributed by atoms with Crippen LogP contribution in [0, 0.1) is 5.92 Å². The fourth-order valence-corrected chi connectivity index (χ4v) is 3.53. The van der Waals surface area contributed by atoms with Crippen LogP contribution in [-0.2, 0) is 17.8 Å². The summed E-state index contributed by atoms with van der Waals surface area (Å²) in [5.74, 6) is 0.228. The fraction of sp³-hybridized carbons (Fsp3) is 0.368. The van der Waals surface area contributed by atoms with Gasteiger partial charge in [-0.25, -0.2) is 14.6 Å². The lowest BCUT2D eigenvalue weighted by Gasteiger charge is -2.31. The highest BCUT2D eigenvalue weighted by Gasteiger charge is 2.29. The largest absolute Gasteiger partial charge is 0.339 e. The average Bonchev–Trinajstić information content (AvgIpc) is 3.37. The Morgan fingerprint density at radius 1 is 1.23 bits per heavy atom. The van der Waals surface area contributed by atoms with E-state index in [1.165, 1.54) is 6.33 Å². The number of nitrogens with zero attached hydrogens (tertiary/aromatic N) is 6. The van der Waals surface area contributed by atoms with E-state index in [-0.39, 0.29) is 17.9 Å². The number of fused-ring (bicyclic) bond motifs is 1. The predicted molar refractivity (Wildman–Crippen MR) is 96.6 cm³/mol. The Kier molecular flexibility index (Phi) is 4.28. The zero-order valence-corrected chi connectivity index (χ0v) is 15.0. The quantitative estimate of drug-likeness (QED) is 0.724. The zero-order valence-electron chi connectivity index (χ0n) is 15.0. The predicted octanol–water partition coefficient (Wildman–Crippen LogP) is 2.25. The maximum absolute atomic E-state index is 13.0. The molecule has 1 aliphatic heterocycles. The van der Waals surface area contributed by atoms with Gasteiger partial charge in [0.05, 0.1) is 18.1 Å². The van der Waals surface area contributed by atoms with Gasteiger partial charge < -0.3 is 9.47 Å². The van der Waals surface area contributed by atoms with Crippen molar-refractivity contribution in [2.24, 2.45) is 5.92 Å². The molecule has 1 aliphatic rings. The first-order valence-electron chi connectivity index (χ1n) is 8.84. The molecule has 1 aromatic carbocycles. The molecular weight excluding hydrogens is 328 g/mol. The molecule has 134 valence electrons. The van der Waals surface area contributed by atoms with Crippen LogP contribution in [0.25, 0.3) is 5.69 Å². The Morgan fingerprint density at radius 3 is 2.77 bits per heavy atom. The van der Waals surface area contributed by atoms with E-state index < -0.39 is 0 Å². The SMILES string of the molecule is C[C@@H](c1ccc(-n2cncn2)cc1)N(C)C(=O)[C@@H]1CCn2cncc2C1. The molecule has 2 atom stereocenters. The third-order valence-corrected chi connectivity index (χ3v) is 5.31. The summed E-state index contributed by atoms with van der Waals surface area (Å²) in [6.07, 6.45) is 8.53. The molecule has 4 rings (SSSR count). The van der Waals surface area contributed by atoms with E-state index in [0.29, 0.717) is 0 Å². The second kappa shape index (κ2) is 6.74. The zero-order chi connectivity index (χ0) is 18.1. The van der Waals surface area contributed by atoms with Crippen LogP contribution in [0.3, 0.4) is 0 Å². The van der Waals surface area contributed by atoms with Crippen molar-refractivity contribution < 1.29 is 4.79 Å². The number of benzene rings is 1. The van der Waals surface area contributed by atoms with Gasteiger partial charge in [-0.2, -0.15) is 5.10 Å². The molecule has 0 fully saturated rings. The Hall–Kier alpha value is -2.96. The number of imidazole rings is 1. The number of aryl methyl sites for hydroxylation is 1. The first-order valence-corrected chi connectivity index (χ1v) is 8.84. The smallest absolute Gasteiger partial charge is 0.226 e. The maximum Gasteiger partial charge on any atom is 0.226 e. The van der Waals surface area contributed by atoms with Crippen LogP contribution in [0.4, 0.5) is 0 Å². The minimum absolute atomic E-state index is 0.0131. The van der Waals surface area contributed by atoms with Crippen molar-refractivity contribution in [2.75, 3.05) is 7.05 Å². The third-order valence-electron chi connectivity index (χ3n) is 5.31. The molecule has 3 heterocycles. The number of carbonyl (C=O) groups excluding carboxylic acids is 1. The summed E-state index contributed by atoms with van der Waals surface area (Å²) in [6.45, 7) is 2.93. The lowest BCUT2D eigenvalue weighted by molar-refractivity contribution is -0.136. The fourth-order valence-electron chi connectivity index (χ4n) is 3.53. The lowest BCUT2D eigenvalue weighted by atomic mass is 9.94. The number of hydrogen-bond donors (Lipinski definition) is 0. The Bertz CT molecular complexity index is 883. The van der Waals surface area contributed by atoms with E-state index in [0.717, 1.165) is 36.3 Å². The van der Waals surface area contributed by atoms with Gasteiger partial charge in [-0.05, 0) is 31.0 Å². The molecule has 7 heteroatoms. The number of carbonyl (C=O) groups is 1. The van der Waals surface area contributed by atoms with Gasteiger partial charge in [0.2, 0.25) is 5.91 Å². The van der Waals surface area contributed by atoms with Crippen LogP contribution in [0.1, 0.15) is 30.6 Å². The van der Waals surface area contributed by atoms with Crippen LogP contribution < -0.4 is 0 Å². The second-order valence-corrected chi connectivity index (χ2v) is 6.82. The van der Waals surface area contributed by atoms with E-state index in [2.05, 4.69) is 26.6 Å². The first-order chi connectivity index (χ1) is 12.6. The summed E-state index contributed by atoms with van der Waals surface area (Å²) in [5.41, 5.74) is 3.20. The van der Waals surface area contributed by atoms with Crippen LogP contribution in [0.5, 0.6) is 0 Å². The van der Waals surface area contributed by atoms with Crippen LogP contribution >= 0.6 is 0 Å². The summed E-state index contributed by atoms with van der Waals surface area (Å²) < 4.78 is 3.85. The molecule has 1 amide bonds. The first kappa shape index (κ1) is 16.5.